The number of benzene rings is 1. The number of hydrogen-bond acceptors (Lipinski definition) is 6. The Morgan fingerprint density at radius 2 is 2.08 bits per heavy atom. The molecule has 0 aliphatic rings. The van der Waals surface area contributed by atoms with Gasteiger partial charge in [0, 0.05) is 34.7 Å². The molecule has 2 aromatic rings. The van der Waals surface area contributed by atoms with Crippen molar-refractivity contribution in [1.29, 1.82) is 0 Å². The van der Waals surface area contributed by atoms with Gasteiger partial charge in [-0.05, 0) is 32.4 Å². The lowest BCUT2D eigenvalue weighted by Gasteiger charge is -2.21. The lowest BCUT2D eigenvalue weighted by molar-refractivity contribution is -0.124. The number of amides is 1. The maximum Gasteiger partial charge on any atom is 0.258 e. The molecule has 0 radical (unpaired) electrons. The molecule has 2 rings (SSSR count). The molecule has 1 aromatic heterocycles. The Hall–Kier alpha value is -1.99. The van der Waals surface area contributed by atoms with E-state index in [1.807, 2.05) is 26.2 Å². The van der Waals surface area contributed by atoms with Crippen molar-refractivity contribution in [2.45, 2.75) is 32.9 Å². The highest BCUT2D eigenvalue weighted by atomic mass is 35.5. The summed E-state index contributed by atoms with van der Waals surface area (Å²) in [6.07, 6.45) is 1.73. The van der Waals surface area contributed by atoms with Crippen molar-refractivity contribution in [2.24, 2.45) is 0 Å². The molecule has 0 fully saturated rings. The van der Waals surface area contributed by atoms with Gasteiger partial charge in [-0.15, -0.1) is 11.3 Å². The number of hydrogen-bond donors (Lipinski definition) is 2. The van der Waals surface area contributed by atoms with Gasteiger partial charge in [0.2, 0.25) is 0 Å². The van der Waals surface area contributed by atoms with E-state index in [0.717, 1.165) is 10.7 Å². The zero-order chi connectivity index (χ0) is 18.4. The van der Waals surface area contributed by atoms with Crippen molar-refractivity contribution in [2.75, 3.05) is 19.0 Å². The van der Waals surface area contributed by atoms with Gasteiger partial charge in [-0.3, -0.25) is 4.79 Å². The number of thiazole rings is 1. The Kier molecular flexibility index (Phi) is 6.50. The van der Waals surface area contributed by atoms with Crippen molar-refractivity contribution in [3.63, 3.8) is 0 Å². The Balaban J connectivity index is 2.04. The van der Waals surface area contributed by atoms with Gasteiger partial charge in [-0.1, -0.05) is 11.6 Å². The van der Waals surface area contributed by atoms with Gasteiger partial charge in [0.15, 0.2) is 23.2 Å². The topological polar surface area (TPSA) is 72.5 Å². The average Bonchev–Trinajstić information content (AvgIpc) is 3.03. The van der Waals surface area contributed by atoms with Crippen molar-refractivity contribution in [3.05, 3.63) is 34.3 Å². The van der Waals surface area contributed by atoms with E-state index in [2.05, 4.69) is 15.6 Å². The van der Waals surface area contributed by atoms with Crippen LogP contribution in [0.4, 0.5) is 5.13 Å². The van der Waals surface area contributed by atoms with E-state index in [9.17, 15) is 4.79 Å². The van der Waals surface area contributed by atoms with Crippen LogP contribution in [-0.2, 0) is 11.3 Å². The smallest absolute Gasteiger partial charge is 0.258 e. The van der Waals surface area contributed by atoms with Crippen LogP contribution in [0.15, 0.2) is 23.7 Å². The summed E-state index contributed by atoms with van der Waals surface area (Å²) >= 11 is 7.84. The number of carbonyl (C=O) groups is 1. The maximum absolute atomic E-state index is 11.9. The van der Waals surface area contributed by atoms with E-state index in [0.29, 0.717) is 23.1 Å². The number of aromatic nitrogens is 1. The van der Waals surface area contributed by atoms with Crippen molar-refractivity contribution in [3.8, 4) is 11.5 Å². The fraction of sp³-hybridized carbons (Fsp3) is 0.412. The van der Waals surface area contributed by atoms with Crippen molar-refractivity contribution in [1.82, 2.24) is 10.3 Å². The molecular weight excluding hydrogens is 362 g/mol. The van der Waals surface area contributed by atoms with Crippen molar-refractivity contribution >= 4 is 34.0 Å². The van der Waals surface area contributed by atoms with Crippen LogP contribution >= 0.6 is 22.9 Å². The maximum atomic E-state index is 11.9. The molecule has 0 saturated carbocycles. The standard InChI is InChI=1S/C17H22ClN3O3S/c1-17(2,3)21-15(22)10-24-14-8-12(18)11(7-13(14)23-4)9-20-16-19-5-6-25-16/h5-8H,9-10H2,1-4H3,(H,19,20)(H,21,22). The molecular formula is C17H22ClN3O3S. The Labute approximate surface area is 156 Å². The number of halogens is 1. The molecule has 0 bridgehead atoms. The fourth-order valence-corrected chi connectivity index (χ4v) is 2.81. The predicted octanol–water partition coefficient (Wildman–Crippen LogP) is 3.71. The highest BCUT2D eigenvalue weighted by molar-refractivity contribution is 7.13. The SMILES string of the molecule is COc1cc(CNc2nccs2)c(Cl)cc1OCC(=O)NC(C)(C)C. The zero-order valence-electron chi connectivity index (χ0n) is 14.7. The largest absolute Gasteiger partial charge is 0.493 e. The van der Waals surface area contributed by atoms with Crippen LogP contribution in [0.2, 0.25) is 5.02 Å². The van der Waals surface area contributed by atoms with E-state index in [1.54, 1.807) is 25.4 Å². The normalized spacial score (nSPS) is 11.1. The van der Waals surface area contributed by atoms with Crippen LogP contribution in [0, 0.1) is 0 Å². The van der Waals surface area contributed by atoms with Gasteiger partial charge in [0.05, 0.1) is 7.11 Å². The van der Waals surface area contributed by atoms with Gasteiger partial charge >= 0.3 is 0 Å². The highest BCUT2D eigenvalue weighted by Crippen LogP contribution is 2.33. The summed E-state index contributed by atoms with van der Waals surface area (Å²) in [5.74, 6) is 0.735. The molecule has 0 unspecified atom stereocenters. The van der Waals surface area contributed by atoms with E-state index in [-0.39, 0.29) is 18.1 Å². The molecule has 0 saturated heterocycles. The molecule has 6 nitrogen and oxygen atoms in total. The lowest BCUT2D eigenvalue weighted by atomic mass is 10.1. The number of methoxy groups -OCH3 is 1. The Morgan fingerprint density at radius 1 is 1.32 bits per heavy atom. The number of nitrogens with zero attached hydrogens (tertiary/aromatic N) is 1. The monoisotopic (exact) mass is 383 g/mol. The predicted molar refractivity (Wildman–Crippen MR) is 101 cm³/mol. The average molecular weight is 384 g/mol. The minimum atomic E-state index is -0.312. The van der Waals surface area contributed by atoms with Crippen LogP contribution in [0.5, 0.6) is 11.5 Å². The summed E-state index contributed by atoms with van der Waals surface area (Å²) in [7, 11) is 1.54. The van der Waals surface area contributed by atoms with Crippen LogP contribution in [-0.4, -0.2) is 30.1 Å². The van der Waals surface area contributed by atoms with E-state index in [4.69, 9.17) is 21.1 Å². The molecule has 1 heterocycles. The van der Waals surface area contributed by atoms with Crippen LogP contribution in [0.3, 0.4) is 0 Å². The van der Waals surface area contributed by atoms with Gasteiger partial charge < -0.3 is 20.1 Å². The molecule has 0 aliphatic carbocycles. The first kappa shape index (κ1) is 19.3. The van der Waals surface area contributed by atoms with Gasteiger partial charge in [-0.25, -0.2) is 4.98 Å². The van der Waals surface area contributed by atoms with Crippen LogP contribution in [0.1, 0.15) is 26.3 Å². The summed E-state index contributed by atoms with van der Waals surface area (Å²) in [5, 5.41) is 9.26. The fourth-order valence-electron chi connectivity index (χ4n) is 2.06. The number of nitrogens with one attached hydrogen (secondary N) is 2. The first-order valence-corrected chi connectivity index (χ1v) is 8.98. The summed E-state index contributed by atoms with van der Waals surface area (Å²) < 4.78 is 10.9. The van der Waals surface area contributed by atoms with Crippen molar-refractivity contribution < 1.29 is 14.3 Å². The third-order valence-corrected chi connectivity index (χ3v) is 4.15. The summed E-state index contributed by atoms with van der Waals surface area (Å²) in [6, 6.07) is 3.45. The van der Waals surface area contributed by atoms with Gasteiger partial charge in [0.25, 0.3) is 5.91 Å². The third-order valence-electron chi connectivity index (χ3n) is 3.07. The second-order valence-electron chi connectivity index (χ2n) is 6.37. The quantitative estimate of drug-likeness (QED) is 0.762. The first-order valence-electron chi connectivity index (χ1n) is 7.72. The summed E-state index contributed by atoms with van der Waals surface area (Å²) in [4.78, 5) is 16.1. The number of anilines is 1. The molecule has 0 spiro atoms. The molecule has 136 valence electrons. The lowest BCUT2D eigenvalue weighted by Crippen LogP contribution is -2.43. The van der Waals surface area contributed by atoms with E-state index in [1.165, 1.54) is 11.3 Å². The van der Waals surface area contributed by atoms with Crippen LogP contribution in [0.25, 0.3) is 0 Å². The number of ether oxygens (including phenoxy) is 2. The Morgan fingerprint density at radius 3 is 2.68 bits per heavy atom. The minimum Gasteiger partial charge on any atom is -0.493 e. The molecule has 8 heteroatoms. The second-order valence-corrected chi connectivity index (χ2v) is 7.67. The molecule has 0 aliphatic heterocycles. The Bertz CT molecular complexity index is 715. The number of carbonyl (C=O) groups excluding carboxylic acids is 1. The summed E-state index contributed by atoms with van der Waals surface area (Å²) in [6.45, 7) is 6.12. The van der Waals surface area contributed by atoms with Crippen LogP contribution < -0.4 is 20.1 Å². The number of rotatable bonds is 7. The highest BCUT2D eigenvalue weighted by Gasteiger charge is 2.16. The molecule has 2 N–H and O–H groups in total. The molecule has 1 aromatic carbocycles. The third kappa shape index (κ3) is 6.10. The second kappa shape index (κ2) is 8.40. The molecule has 0 atom stereocenters. The zero-order valence-corrected chi connectivity index (χ0v) is 16.3. The molecule has 25 heavy (non-hydrogen) atoms. The summed E-state index contributed by atoms with van der Waals surface area (Å²) in [5.41, 5.74) is 0.535. The minimum absolute atomic E-state index is 0.110. The van der Waals surface area contributed by atoms with Gasteiger partial charge in [-0.2, -0.15) is 0 Å². The first-order chi connectivity index (χ1) is 11.8. The van der Waals surface area contributed by atoms with E-state index < -0.39 is 0 Å². The van der Waals surface area contributed by atoms with E-state index >= 15 is 0 Å². The van der Waals surface area contributed by atoms with Gasteiger partial charge in [0.1, 0.15) is 0 Å². The molecule has 1 amide bonds.